The second kappa shape index (κ2) is 5.50. The van der Waals surface area contributed by atoms with Crippen LogP contribution in [-0.2, 0) is 4.79 Å². The number of nitrogens with one attached hydrogen (secondary N) is 2. The summed E-state index contributed by atoms with van der Waals surface area (Å²) < 4.78 is 0. The molecule has 0 bridgehead atoms. The standard InChI is InChI=1S/C13H18N4O/c1-9(12(18)17-13(2,3)4)16-10-6-5-7-15-11(10)8-14/h5-7,9,16H,1-4H3,(H,17,18). The Kier molecular flexibility index (Phi) is 4.27. The molecular formula is C13H18N4O. The van der Waals surface area contributed by atoms with Crippen molar-refractivity contribution in [3.05, 3.63) is 24.0 Å². The van der Waals surface area contributed by atoms with E-state index >= 15 is 0 Å². The summed E-state index contributed by atoms with van der Waals surface area (Å²) in [6.07, 6.45) is 1.55. The number of carbonyl (C=O) groups excluding carboxylic acids is 1. The summed E-state index contributed by atoms with van der Waals surface area (Å²) >= 11 is 0. The number of hydrogen-bond donors (Lipinski definition) is 2. The van der Waals surface area contributed by atoms with E-state index in [1.165, 1.54) is 0 Å². The highest BCUT2D eigenvalue weighted by atomic mass is 16.2. The van der Waals surface area contributed by atoms with Gasteiger partial charge in [-0.2, -0.15) is 5.26 Å². The molecule has 1 amide bonds. The number of pyridine rings is 1. The van der Waals surface area contributed by atoms with Gasteiger partial charge in [0.25, 0.3) is 0 Å². The van der Waals surface area contributed by atoms with Crippen LogP contribution in [0.2, 0.25) is 0 Å². The molecule has 1 aromatic rings. The predicted octanol–water partition coefficient (Wildman–Crippen LogP) is 1.67. The number of aromatic nitrogens is 1. The predicted molar refractivity (Wildman–Crippen MR) is 69.9 cm³/mol. The first-order valence-electron chi connectivity index (χ1n) is 5.77. The number of anilines is 1. The lowest BCUT2D eigenvalue weighted by atomic mass is 10.1. The van der Waals surface area contributed by atoms with Crippen LogP contribution in [0, 0.1) is 11.3 Å². The molecule has 0 aliphatic heterocycles. The van der Waals surface area contributed by atoms with Crippen molar-refractivity contribution in [2.24, 2.45) is 0 Å². The van der Waals surface area contributed by atoms with Gasteiger partial charge in [-0.1, -0.05) is 0 Å². The zero-order valence-corrected chi connectivity index (χ0v) is 11.1. The molecule has 1 unspecified atom stereocenters. The van der Waals surface area contributed by atoms with Gasteiger partial charge in [-0.25, -0.2) is 4.98 Å². The molecule has 5 nitrogen and oxygen atoms in total. The van der Waals surface area contributed by atoms with Crippen molar-refractivity contribution < 1.29 is 4.79 Å². The second-order valence-electron chi connectivity index (χ2n) is 5.12. The third-order valence-electron chi connectivity index (χ3n) is 2.18. The average molecular weight is 246 g/mol. The first-order valence-corrected chi connectivity index (χ1v) is 5.77. The van der Waals surface area contributed by atoms with Crippen molar-refractivity contribution in [2.75, 3.05) is 5.32 Å². The Morgan fingerprint density at radius 2 is 2.17 bits per heavy atom. The molecule has 5 heteroatoms. The molecule has 0 aliphatic carbocycles. The van der Waals surface area contributed by atoms with Gasteiger partial charge in [-0.15, -0.1) is 0 Å². The Morgan fingerprint density at radius 1 is 1.50 bits per heavy atom. The Morgan fingerprint density at radius 3 is 2.72 bits per heavy atom. The maximum atomic E-state index is 11.9. The van der Waals surface area contributed by atoms with Gasteiger partial charge in [0.05, 0.1) is 5.69 Å². The van der Waals surface area contributed by atoms with Crippen LogP contribution in [0.25, 0.3) is 0 Å². The summed E-state index contributed by atoms with van der Waals surface area (Å²) in [6.45, 7) is 7.50. The Balaban J connectivity index is 2.73. The smallest absolute Gasteiger partial charge is 0.242 e. The number of amides is 1. The average Bonchev–Trinajstić information content (AvgIpc) is 2.27. The minimum atomic E-state index is -0.430. The molecule has 0 spiro atoms. The summed E-state index contributed by atoms with van der Waals surface area (Å²) in [7, 11) is 0. The summed E-state index contributed by atoms with van der Waals surface area (Å²) in [6, 6.07) is 5.00. The van der Waals surface area contributed by atoms with Gasteiger partial charge < -0.3 is 10.6 Å². The largest absolute Gasteiger partial charge is 0.372 e. The number of hydrogen-bond acceptors (Lipinski definition) is 4. The highest BCUT2D eigenvalue weighted by Crippen LogP contribution is 2.12. The molecular weight excluding hydrogens is 228 g/mol. The monoisotopic (exact) mass is 246 g/mol. The number of rotatable bonds is 3. The fraction of sp³-hybridized carbons (Fsp3) is 0.462. The van der Waals surface area contributed by atoms with Crippen LogP contribution in [-0.4, -0.2) is 22.5 Å². The number of nitrogens with zero attached hydrogens (tertiary/aromatic N) is 2. The lowest BCUT2D eigenvalue weighted by molar-refractivity contribution is -0.122. The zero-order chi connectivity index (χ0) is 13.8. The van der Waals surface area contributed by atoms with Crippen molar-refractivity contribution >= 4 is 11.6 Å². The van der Waals surface area contributed by atoms with Crippen LogP contribution >= 0.6 is 0 Å². The normalized spacial score (nSPS) is 12.4. The van der Waals surface area contributed by atoms with Crippen LogP contribution in [0.4, 0.5) is 5.69 Å². The number of nitriles is 1. The van der Waals surface area contributed by atoms with Gasteiger partial charge in [-0.3, -0.25) is 4.79 Å². The fourth-order valence-corrected chi connectivity index (χ4v) is 1.39. The maximum absolute atomic E-state index is 11.9. The van der Waals surface area contributed by atoms with E-state index in [4.69, 9.17) is 5.26 Å². The first-order chi connectivity index (χ1) is 8.33. The van der Waals surface area contributed by atoms with E-state index in [-0.39, 0.29) is 17.1 Å². The SMILES string of the molecule is CC(Nc1cccnc1C#N)C(=O)NC(C)(C)C. The topological polar surface area (TPSA) is 77.8 Å². The zero-order valence-electron chi connectivity index (χ0n) is 11.1. The maximum Gasteiger partial charge on any atom is 0.242 e. The fourth-order valence-electron chi connectivity index (χ4n) is 1.39. The molecule has 0 radical (unpaired) electrons. The van der Waals surface area contributed by atoms with Crippen LogP contribution in [0.3, 0.4) is 0 Å². The lowest BCUT2D eigenvalue weighted by Gasteiger charge is -2.24. The van der Waals surface area contributed by atoms with Crippen LogP contribution < -0.4 is 10.6 Å². The van der Waals surface area contributed by atoms with Crippen LogP contribution in [0.15, 0.2) is 18.3 Å². The van der Waals surface area contributed by atoms with E-state index in [1.54, 1.807) is 25.3 Å². The molecule has 0 aromatic carbocycles. The quantitative estimate of drug-likeness (QED) is 0.850. The summed E-state index contributed by atoms with van der Waals surface area (Å²) in [4.78, 5) is 15.8. The molecule has 2 N–H and O–H groups in total. The van der Waals surface area contributed by atoms with Gasteiger partial charge in [0.15, 0.2) is 5.69 Å². The van der Waals surface area contributed by atoms with Crippen molar-refractivity contribution in [2.45, 2.75) is 39.3 Å². The van der Waals surface area contributed by atoms with Gasteiger partial charge in [0, 0.05) is 11.7 Å². The van der Waals surface area contributed by atoms with Gasteiger partial charge in [0.2, 0.25) is 5.91 Å². The molecule has 1 aromatic heterocycles. The highest BCUT2D eigenvalue weighted by molar-refractivity contribution is 5.85. The van der Waals surface area contributed by atoms with Crippen molar-refractivity contribution in [3.63, 3.8) is 0 Å². The van der Waals surface area contributed by atoms with Crippen molar-refractivity contribution in [3.8, 4) is 6.07 Å². The minimum absolute atomic E-state index is 0.116. The van der Waals surface area contributed by atoms with Crippen molar-refractivity contribution in [1.82, 2.24) is 10.3 Å². The molecule has 0 saturated heterocycles. The third-order valence-corrected chi connectivity index (χ3v) is 2.18. The molecule has 1 atom stereocenters. The molecule has 18 heavy (non-hydrogen) atoms. The highest BCUT2D eigenvalue weighted by Gasteiger charge is 2.19. The first kappa shape index (κ1) is 14.0. The molecule has 0 fully saturated rings. The van der Waals surface area contributed by atoms with E-state index in [9.17, 15) is 4.79 Å². The lowest BCUT2D eigenvalue weighted by Crippen LogP contribution is -2.47. The van der Waals surface area contributed by atoms with Crippen LogP contribution in [0.1, 0.15) is 33.4 Å². The Bertz CT molecular complexity index is 471. The molecule has 1 rings (SSSR count). The Hall–Kier alpha value is -2.09. The van der Waals surface area contributed by atoms with E-state index in [2.05, 4.69) is 15.6 Å². The van der Waals surface area contributed by atoms with Gasteiger partial charge in [0.1, 0.15) is 12.1 Å². The van der Waals surface area contributed by atoms with Crippen LogP contribution in [0.5, 0.6) is 0 Å². The van der Waals surface area contributed by atoms with Gasteiger partial charge in [-0.05, 0) is 39.8 Å². The minimum Gasteiger partial charge on any atom is -0.372 e. The molecule has 0 aliphatic rings. The summed E-state index contributed by atoms with van der Waals surface area (Å²) in [5, 5.41) is 14.8. The van der Waals surface area contributed by atoms with E-state index in [0.717, 1.165) is 0 Å². The number of carbonyl (C=O) groups is 1. The molecule has 0 saturated carbocycles. The molecule has 1 heterocycles. The van der Waals surface area contributed by atoms with E-state index < -0.39 is 6.04 Å². The molecule has 96 valence electrons. The van der Waals surface area contributed by atoms with Gasteiger partial charge >= 0.3 is 0 Å². The van der Waals surface area contributed by atoms with E-state index in [0.29, 0.717) is 5.69 Å². The van der Waals surface area contributed by atoms with Crippen molar-refractivity contribution in [1.29, 1.82) is 5.26 Å². The summed E-state index contributed by atoms with van der Waals surface area (Å²) in [5.74, 6) is -0.116. The third kappa shape index (κ3) is 4.06. The summed E-state index contributed by atoms with van der Waals surface area (Å²) in [5.41, 5.74) is 0.574. The Labute approximate surface area is 107 Å². The second-order valence-corrected chi connectivity index (χ2v) is 5.12. The van der Waals surface area contributed by atoms with E-state index in [1.807, 2.05) is 26.8 Å².